The van der Waals surface area contributed by atoms with E-state index in [1.165, 1.54) is 0 Å². The Bertz CT molecular complexity index is 270. The van der Waals surface area contributed by atoms with Crippen molar-refractivity contribution >= 4 is 32.3 Å². The molecule has 5 heteroatoms. The van der Waals surface area contributed by atoms with Crippen molar-refractivity contribution < 1.29 is 9.59 Å². The highest BCUT2D eigenvalue weighted by molar-refractivity contribution is 14.1. The molecule has 0 saturated carbocycles. The van der Waals surface area contributed by atoms with Crippen molar-refractivity contribution in [1.29, 1.82) is 0 Å². The predicted molar refractivity (Wildman–Crippen MR) is 78.1 cm³/mol. The van der Waals surface area contributed by atoms with Gasteiger partial charge in [0, 0.05) is 22.6 Å². The van der Waals surface area contributed by atoms with Crippen LogP contribution in [0.1, 0.15) is 27.7 Å². The average Bonchev–Trinajstić information content (AvgIpc) is 2.11. The first kappa shape index (κ1) is 16.8. The summed E-state index contributed by atoms with van der Waals surface area (Å²) < 4.78 is -0.0211. The third kappa shape index (κ3) is 5.33. The lowest BCUT2D eigenvalue weighted by atomic mass is 10.0. The molecule has 2 atom stereocenters. The van der Waals surface area contributed by atoms with Crippen LogP contribution in [0.15, 0.2) is 0 Å². The van der Waals surface area contributed by atoms with Gasteiger partial charge in [-0.05, 0) is 25.9 Å². The highest BCUT2D eigenvalue weighted by atomic mass is 127. The molecular formula is C12H23IN2O2. The second-order valence-electron chi connectivity index (χ2n) is 5.19. The number of nitrogens with one attached hydrogen (secondary N) is 1. The van der Waals surface area contributed by atoms with E-state index in [-0.39, 0.29) is 27.6 Å². The summed E-state index contributed by atoms with van der Waals surface area (Å²) >= 11 is 1.74. The molecular weight excluding hydrogens is 331 g/mol. The number of hydrogen-bond donors (Lipinski definition) is 1. The zero-order valence-corrected chi connectivity index (χ0v) is 13.6. The van der Waals surface area contributed by atoms with Gasteiger partial charge in [0.15, 0.2) is 0 Å². The van der Waals surface area contributed by atoms with E-state index in [0.29, 0.717) is 0 Å². The predicted octanol–water partition coefficient (Wildman–Crippen LogP) is 1.67. The van der Waals surface area contributed by atoms with Gasteiger partial charge < -0.3 is 5.32 Å². The number of halogens is 1. The van der Waals surface area contributed by atoms with Gasteiger partial charge >= 0.3 is 0 Å². The molecule has 0 aromatic rings. The van der Waals surface area contributed by atoms with E-state index in [2.05, 4.69) is 5.32 Å². The Hall–Kier alpha value is -0.170. The maximum atomic E-state index is 12.1. The molecule has 0 unspecified atom stereocenters. The van der Waals surface area contributed by atoms with Gasteiger partial charge in [-0.25, -0.2) is 0 Å². The van der Waals surface area contributed by atoms with Crippen molar-refractivity contribution in [2.75, 3.05) is 14.1 Å². The Balaban J connectivity index is 4.75. The molecule has 17 heavy (non-hydrogen) atoms. The summed E-state index contributed by atoms with van der Waals surface area (Å²) in [5.41, 5.74) is 0. The van der Waals surface area contributed by atoms with Gasteiger partial charge in [0.2, 0.25) is 9.70 Å². The number of amides is 1. The second-order valence-corrected chi connectivity index (χ2v) is 6.25. The quantitative estimate of drug-likeness (QED) is 0.583. The molecule has 0 saturated heterocycles. The van der Waals surface area contributed by atoms with Crippen molar-refractivity contribution in [2.45, 2.75) is 39.8 Å². The van der Waals surface area contributed by atoms with Gasteiger partial charge in [0.1, 0.15) is 0 Å². The fourth-order valence-corrected chi connectivity index (χ4v) is 2.73. The summed E-state index contributed by atoms with van der Waals surface area (Å²) in [5.74, 6) is 0.245. The molecule has 0 aromatic carbocycles. The van der Waals surface area contributed by atoms with Gasteiger partial charge in [-0.2, -0.15) is 0 Å². The van der Waals surface area contributed by atoms with E-state index in [4.69, 9.17) is 0 Å². The van der Waals surface area contributed by atoms with Crippen LogP contribution < -0.4 is 5.32 Å². The van der Waals surface area contributed by atoms with E-state index in [9.17, 15) is 9.59 Å². The molecule has 100 valence electrons. The van der Waals surface area contributed by atoms with E-state index >= 15 is 0 Å². The fourth-order valence-electron chi connectivity index (χ4n) is 1.86. The highest BCUT2D eigenvalue weighted by Gasteiger charge is 2.29. The smallest absolute Gasteiger partial charge is 0.238 e. The average molecular weight is 354 g/mol. The number of likely N-dealkylation sites (N-methyl/N-ethyl adjacent to an activating group) is 1. The molecule has 0 rings (SSSR count). The minimum atomic E-state index is -0.399. The lowest BCUT2D eigenvalue weighted by Crippen LogP contribution is -2.52. The standard InChI is InChI=1S/C12H23IN2O2/c1-7(2)9(11(13)16)14-12(17)10(8(3)4)15(5)6/h7-10H,1-6H3,(H,14,17)/t9-,10-/m0/s1. The Morgan fingerprint density at radius 3 is 1.76 bits per heavy atom. The molecule has 0 aliphatic rings. The molecule has 1 amide bonds. The molecule has 1 N–H and O–H groups in total. The molecule has 4 nitrogen and oxygen atoms in total. The van der Waals surface area contributed by atoms with Crippen LogP contribution in [0.2, 0.25) is 0 Å². The van der Waals surface area contributed by atoms with Crippen LogP contribution in [0.25, 0.3) is 0 Å². The van der Waals surface area contributed by atoms with Gasteiger partial charge in [0.05, 0.1) is 12.1 Å². The van der Waals surface area contributed by atoms with Crippen LogP contribution in [0.5, 0.6) is 0 Å². The van der Waals surface area contributed by atoms with Crippen LogP contribution in [-0.4, -0.2) is 40.8 Å². The minimum Gasteiger partial charge on any atom is -0.344 e. The van der Waals surface area contributed by atoms with Crippen LogP contribution in [-0.2, 0) is 9.59 Å². The van der Waals surface area contributed by atoms with Crippen molar-refractivity contribution in [3.63, 3.8) is 0 Å². The first-order valence-corrected chi connectivity index (χ1v) is 6.92. The number of hydrogen-bond acceptors (Lipinski definition) is 3. The van der Waals surface area contributed by atoms with Crippen molar-refractivity contribution in [1.82, 2.24) is 10.2 Å². The SMILES string of the molecule is CC(C)[C@H](NC(=O)[C@H](C(C)C)N(C)C)C(=O)I. The van der Waals surface area contributed by atoms with Crippen molar-refractivity contribution in [2.24, 2.45) is 11.8 Å². The largest absolute Gasteiger partial charge is 0.344 e. The minimum absolute atomic E-state index is 0.0211. The Morgan fingerprint density at radius 1 is 1.06 bits per heavy atom. The monoisotopic (exact) mass is 354 g/mol. The summed E-state index contributed by atoms with van der Waals surface area (Å²) in [7, 11) is 3.75. The summed E-state index contributed by atoms with van der Waals surface area (Å²) in [6, 6.07) is -0.601. The van der Waals surface area contributed by atoms with E-state index in [1.807, 2.05) is 46.7 Å². The van der Waals surface area contributed by atoms with Crippen molar-refractivity contribution in [3.8, 4) is 0 Å². The van der Waals surface area contributed by atoms with Gasteiger partial charge in [-0.1, -0.05) is 27.7 Å². The lowest BCUT2D eigenvalue weighted by Gasteiger charge is -2.29. The summed E-state index contributed by atoms with van der Waals surface area (Å²) in [6.45, 7) is 7.87. The van der Waals surface area contributed by atoms with Gasteiger partial charge in [0.25, 0.3) is 0 Å². The molecule has 0 aliphatic carbocycles. The molecule has 0 bridgehead atoms. The van der Waals surface area contributed by atoms with Crippen LogP contribution in [0, 0.1) is 11.8 Å². The van der Waals surface area contributed by atoms with E-state index in [1.54, 1.807) is 22.6 Å². The van der Waals surface area contributed by atoms with Crippen molar-refractivity contribution in [3.05, 3.63) is 0 Å². The first-order valence-electron chi connectivity index (χ1n) is 5.84. The van der Waals surface area contributed by atoms with E-state index < -0.39 is 6.04 Å². The topological polar surface area (TPSA) is 49.4 Å². The Labute approximate surface area is 118 Å². The summed E-state index contributed by atoms with van der Waals surface area (Å²) in [5, 5.41) is 2.84. The molecule has 0 heterocycles. The molecule has 0 radical (unpaired) electrons. The lowest BCUT2D eigenvalue weighted by molar-refractivity contribution is -0.130. The third-order valence-electron chi connectivity index (χ3n) is 2.67. The molecule has 0 aliphatic heterocycles. The Morgan fingerprint density at radius 2 is 1.53 bits per heavy atom. The normalized spacial score (nSPS) is 15.2. The number of carbonyl (C=O) groups is 2. The van der Waals surface area contributed by atoms with Crippen LogP contribution in [0.4, 0.5) is 0 Å². The van der Waals surface area contributed by atoms with Crippen LogP contribution >= 0.6 is 22.6 Å². The Kier molecular flexibility index (Phi) is 7.23. The van der Waals surface area contributed by atoms with Crippen LogP contribution in [0.3, 0.4) is 0 Å². The van der Waals surface area contributed by atoms with Gasteiger partial charge in [-0.3, -0.25) is 14.5 Å². The third-order valence-corrected chi connectivity index (χ3v) is 3.34. The fraction of sp³-hybridized carbons (Fsp3) is 0.833. The molecule has 0 aromatic heterocycles. The number of carbonyl (C=O) groups excluding carboxylic acids is 2. The van der Waals surface area contributed by atoms with Gasteiger partial charge in [-0.15, -0.1) is 0 Å². The zero-order chi connectivity index (χ0) is 13.7. The second kappa shape index (κ2) is 7.31. The number of rotatable bonds is 6. The first-order chi connectivity index (χ1) is 7.68. The molecule has 0 fully saturated rings. The number of nitrogens with zero attached hydrogens (tertiary/aromatic N) is 1. The van der Waals surface area contributed by atoms with E-state index in [0.717, 1.165) is 0 Å². The molecule has 0 spiro atoms. The summed E-state index contributed by atoms with van der Waals surface area (Å²) in [6.07, 6.45) is 0. The maximum absolute atomic E-state index is 12.1. The zero-order valence-electron chi connectivity index (χ0n) is 11.5. The maximum Gasteiger partial charge on any atom is 0.238 e. The summed E-state index contributed by atoms with van der Waals surface area (Å²) in [4.78, 5) is 25.5. The highest BCUT2D eigenvalue weighted by Crippen LogP contribution is 2.11.